The van der Waals surface area contributed by atoms with Crippen molar-refractivity contribution in [3.05, 3.63) is 48.3 Å². The quantitative estimate of drug-likeness (QED) is 0.397. The van der Waals surface area contributed by atoms with Crippen LogP contribution in [0.5, 0.6) is 11.5 Å². The third-order valence-electron chi connectivity index (χ3n) is 5.96. The minimum Gasteiger partial charge on any atom is -0.497 e. The van der Waals surface area contributed by atoms with E-state index in [9.17, 15) is 13.2 Å². The lowest BCUT2D eigenvalue weighted by Crippen LogP contribution is -2.36. The number of anilines is 2. The maximum atomic E-state index is 13.0. The first kappa shape index (κ1) is 25.6. The van der Waals surface area contributed by atoms with E-state index in [-0.39, 0.29) is 19.1 Å². The summed E-state index contributed by atoms with van der Waals surface area (Å²) in [5.41, 5.74) is 2.92. The van der Waals surface area contributed by atoms with E-state index in [1.807, 2.05) is 40.1 Å². The highest BCUT2D eigenvalue weighted by Crippen LogP contribution is 2.33. The largest absolute Gasteiger partial charge is 0.497 e. The summed E-state index contributed by atoms with van der Waals surface area (Å²) in [7, 11) is -0.496. The second kappa shape index (κ2) is 11.1. The van der Waals surface area contributed by atoms with Gasteiger partial charge in [0, 0.05) is 49.2 Å². The second-order valence-corrected chi connectivity index (χ2v) is 10.2. The van der Waals surface area contributed by atoms with Crippen LogP contribution < -0.4 is 14.4 Å². The molecule has 4 rings (SSSR count). The average molecular weight is 515 g/mol. The van der Waals surface area contributed by atoms with Crippen molar-refractivity contribution < 1.29 is 26.9 Å². The van der Waals surface area contributed by atoms with Crippen LogP contribution in [0.15, 0.2) is 42.6 Å². The van der Waals surface area contributed by atoms with Crippen LogP contribution in [0.1, 0.15) is 29.8 Å². The van der Waals surface area contributed by atoms with Crippen LogP contribution in [-0.2, 0) is 14.3 Å². The number of amides is 1. The molecule has 10 nitrogen and oxygen atoms in total. The van der Waals surface area contributed by atoms with Gasteiger partial charge in [-0.25, -0.2) is 4.98 Å². The molecule has 0 saturated carbocycles. The number of methoxy groups -OCH3 is 2. The number of ether oxygens (including phenoxy) is 2. The van der Waals surface area contributed by atoms with Gasteiger partial charge in [-0.15, -0.1) is 0 Å². The highest BCUT2D eigenvalue weighted by molar-refractivity contribution is 7.85. The van der Waals surface area contributed by atoms with Crippen molar-refractivity contribution in [1.82, 2.24) is 14.9 Å². The Hall–Kier alpha value is -3.44. The van der Waals surface area contributed by atoms with Crippen LogP contribution in [0.25, 0.3) is 11.0 Å². The first-order chi connectivity index (χ1) is 17.3. The molecular formula is C25H30N4O6S. The van der Waals surface area contributed by atoms with Gasteiger partial charge >= 0.3 is 0 Å². The Labute approximate surface area is 210 Å². The van der Waals surface area contributed by atoms with E-state index in [0.717, 1.165) is 38.6 Å². The van der Waals surface area contributed by atoms with Crippen molar-refractivity contribution in [3.63, 3.8) is 0 Å². The molecule has 36 heavy (non-hydrogen) atoms. The third kappa shape index (κ3) is 6.21. The third-order valence-corrected chi connectivity index (χ3v) is 6.55. The van der Waals surface area contributed by atoms with Gasteiger partial charge in [-0.05, 0) is 37.5 Å². The van der Waals surface area contributed by atoms with E-state index >= 15 is 0 Å². The molecule has 1 aliphatic heterocycles. The van der Waals surface area contributed by atoms with E-state index in [1.54, 1.807) is 20.3 Å². The van der Waals surface area contributed by atoms with Crippen molar-refractivity contribution in [3.8, 4) is 11.5 Å². The molecule has 0 spiro atoms. The Morgan fingerprint density at radius 3 is 2.31 bits per heavy atom. The molecule has 0 aliphatic carbocycles. The van der Waals surface area contributed by atoms with Crippen LogP contribution in [0.2, 0.25) is 0 Å². The second-order valence-electron chi connectivity index (χ2n) is 8.53. The molecule has 11 heteroatoms. The zero-order valence-electron chi connectivity index (χ0n) is 20.6. The van der Waals surface area contributed by atoms with Crippen LogP contribution in [0, 0.1) is 0 Å². The first-order valence-corrected chi connectivity index (χ1v) is 13.5. The number of carbonyl (C=O) groups excluding carboxylic acids is 1. The zero-order chi connectivity index (χ0) is 25.7. The van der Waals surface area contributed by atoms with E-state index in [0.29, 0.717) is 39.6 Å². The molecule has 1 aromatic heterocycles. The lowest BCUT2D eigenvalue weighted by Gasteiger charge is -2.27. The van der Waals surface area contributed by atoms with Gasteiger partial charge in [0.05, 0.1) is 44.3 Å². The molecule has 0 radical (unpaired) electrons. The molecule has 0 atom stereocenters. The van der Waals surface area contributed by atoms with E-state index in [1.165, 1.54) is 6.20 Å². The first-order valence-electron chi connectivity index (χ1n) is 11.7. The summed E-state index contributed by atoms with van der Waals surface area (Å²) in [6, 6.07) is 10.9. The Morgan fingerprint density at radius 2 is 1.67 bits per heavy atom. The van der Waals surface area contributed by atoms with Crippen LogP contribution >= 0.6 is 0 Å². The normalized spacial score (nSPS) is 14.0. The molecule has 0 unspecified atom stereocenters. The summed E-state index contributed by atoms with van der Waals surface area (Å²) >= 11 is 0. The summed E-state index contributed by atoms with van der Waals surface area (Å²) in [5.74, 6) is 1.03. The number of hydrogen-bond acceptors (Lipinski definition) is 9. The number of carbonyl (C=O) groups is 1. The number of rotatable bonds is 9. The molecule has 2 aromatic carbocycles. The van der Waals surface area contributed by atoms with Gasteiger partial charge in [0.25, 0.3) is 16.0 Å². The molecule has 192 valence electrons. The van der Waals surface area contributed by atoms with E-state index in [2.05, 4.69) is 9.97 Å². The van der Waals surface area contributed by atoms with E-state index in [4.69, 9.17) is 13.7 Å². The predicted molar refractivity (Wildman–Crippen MR) is 137 cm³/mol. The average Bonchev–Trinajstić information content (AvgIpc) is 2.89. The number of hydrogen-bond donors (Lipinski definition) is 0. The van der Waals surface area contributed by atoms with E-state index < -0.39 is 10.1 Å². The SMILES string of the molecule is COc1cc(OC)cc(N(CCOS(C)(=O)=O)c2ccc3ncc(C(=O)N4CCCCC4)nc3c2)c1. The number of nitrogens with zero attached hydrogens (tertiary/aromatic N) is 4. The fourth-order valence-electron chi connectivity index (χ4n) is 4.17. The van der Waals surface area contributed by atoms with Gasteiger partial charge in [-0.2, -0.15) is 8.42 Å². The fourth-order valence-corrected chi connectivity index (χ4v) is 4.54. The Bertz CT molecular complexity index is 1320. The number of aromatic nitrogens is 2. The molecule has 0 bridgehead atoms. The number of piperidine rings is 1. The maximum absolute atomic E-state index is 13.0. The molecule has 3 aromatic rings. The topological polar surface area (TPSA) is 111 Å². The lowest BCUT2D eigenvalue weighted by atomic mass is 10.1. The van der Waals surface area contributed by atoms with Crippen molar-refractivity contribution in [2.75, 3.05) is 51.6 Å². The molecule has 1 amide bonds. The summed E-state index contributed by atoms with van der Waals surface area (Å²) in [6.45, 7) is 1.60. The summed E-state index contributed by atoms with van der Waals surface area (Å²) < 4.78 is 39.0. The van der Waals surface area contributed by atoms with Crippen molar-refractivity contribution in [1.29, 1.82) is 0 Å². The van der Waals surface area contributed by atoms with Crippen LogP contribution in [0.3, 0.4) is 0 Å². The Kier molecular flexibility index (Phi) is 7.90. The minimum atomic E-state index is -3.61. The Balaban J connectivity index is 1.71. The summed E-state index contributed by atoms with van der Waals surface area (Å²) in [5, 5.41) is 0. The predicted octanol–water partition coefficient (Wildman–Crippen LogP) is 3.39. The van der Waals surface area contributed by atoms with Crippen molar-refractivity contribution >= 4 is 38.4 Å². The lowest BCUT2D eigenvalue weighted by molar-refractivity contribution is 0.0718. The number of likely N-dealkylation sites (tertiary alicyclic amines) is 1. The molecule has 1 aliphatic rings. The summed E-state index contributed by atoms with van der Waals surface area (Å²) in [4.78, 5) is 25.7. The van der Waals surface area contributed by atoms with Crippen molar-refractivity contribution in [2.45, 2.75) is 19.3 Å². The molecular weight excluding hydrogens is 484 g/mol. The van der Waals surface area contributed by atoms with Gasteiger partial charge in [0.15, 0.2) is 0 Å². The molecule has 0 N–H and O–H groups in total. The molecule has 1 fully saturated rings. The number of benzene rings is 2. The molecule has 1 saturated heterocycles. The highest BCUT2D eigenvalue weighted by Gasteiger charge is 2.21. The summed E-state index contributed by atoms with van der Waals surface area (Å²) in [6.07, 6.45) is 5.64. The van der Waals surface area contributed by atoms with Gasteiger partial charge in [0.2, 0.25) is 0 Å². The van der Waals surface area contributed by atoms with Crippen LogP contribution in [-0.4, -0.2) is 75.9 Å². The maximum Gasteiger partial charge on any atom is 0.274 e. The zero-order valence-corrected chi connectivity index (χ0v) is 21.5. The van der Waals surface area contributed by atoms with Gasteiger partial charge in [-0.1, -0.05) is 0 Å². The minimum absolute atomic E-state index is 0.0738. The molecule has 2 heterocycles. The van der Waals surface area contributed by atoms with Gasteiger partial charge < -0.3 is 19.3 Å². The monoisotopic (exact) mass is 514 g/mol. The highest BCUT2D eigenvalue weighted by atomic mass is 32.2. The Morgan fingerprint density at radius 1 is 0.972 bits per heavy atom. The smallest absolute Gasteiger partial charge is 0.274 e. The van der Waals surface area contributed by atoms with Crippen molar-refractivity contribution in [2.24, 2.45) is 0 Å². The van der Waals surface area contributed by atoms with Gasteiger partial charge in [0.1, 0.15) is 17.2 Å². The van der Waals surface area contributed by atoms with Crippen LogP contribution in [0.4, 0.5) is 11.4 Å². The number of fused-ring (bicyclic) bond motifs is 1. The standard InChI is InChI=1S/C25H30N4O6S/c1-33-20-13-19(14-21(16-20)34-2)29(11-12-35-36(3,31)32)18-7-8-22-23(15-18)27-24(17-26-22)25(30)28-9-5-4-6-10-28/h7-8,13-17H,4-6,9-12H2,1-3H3. The van der Waals surface area contributed by atoms with Gasteiger partial charge in [-0.3, -0.25) is 14.0 Å². The fraction of sp³-hybridized carbons (Fsp3) is 0.400.